The average molecular weight is 398 g/mol. The summed E-state index contributed by atoms with van der Waals surface area (Å²) in [7, 11) is -3.77. The molecule has 0 bridgehead atoms. The Morgan fingerprint density at radius 1 is 0.893 bits per heavy atom. The molecule has 0 fully saturated rings. The van der Waals surface area contributed by atoms with Gasteiger partial charge < -0.3 is 15.0 Å². The largest absolute Gasteiger partial charge is 0.323 e. The predicted molar refractivity (Wildman–Crippen MR) is 107 cm³/mol. The van der Waals surface area contributed by atoms with E-state index in [-0.39, 0.29) is 23.4 Å². The van der Waals surface area contributed by atoms with Gasteiger partial charge in [0.05, 0.1) is 15.9 Å². The molecule has 0 saturated carbocycles. The molecule has 4 N–H and O–H groups in total. The van der Waals surface area contributed by atoms with Crippen molar-refractivity contribution >= 4 is 32.0 Å². The minimum Gasteiger partial charge on any atom is -0.322 e. The second-order valence-electron chi connectivity index (χ2n) is 6.65. The summed E-state index contributed by atoms with van der Waals surface area (Å²) < 4.78 is 27.5. The number of hydrogen-bond donors (Lipinski definition) is 4. The van der Waals surface area contributed by atoms with Crippen LogP contribution in [-0.4, -0.2) is 29.9 Å². The number of aromatic nitrogens is 3. The first-order valence-electron chi connectivity index (χ1n) is 8.66. The van der Waals surface area contributed by atoms with Gasteiger partial charge in [-0.15, -0.1) is 0 Å². The van der Waals surface area contributed by atoms with Crippen LogP contribution in [0.3, 0.4) is 0 Å². The second kappa shape index (κ2) is 6.77. The molecule has 0 atom stereocenters. The fourth-order valence-corrected chi connectivity index (χ4v) is 4.20. The molecule has 0 saturated heterocycles. The number of fused-ring (bicyclic) bond motifs is 2. The van der Waals surface area contributed by atoms with Crippen LogP contribution in [0.2, 0.25) is 0 Å². The number of aromatic amines is 3. The van der Waals surface area contributed by atoms with E-state index < -0.39 is 15.7 Å². The monoisotopic (exact) mass is 398 g/mol. The number of rotatable bonds is 5. The van der Waals surface area contributed by atoms with Crippen LogP contribution in [0.1, 0.15) is 11.1 Å². The van der Waals surface area contributed by atoms with E-state index in [1.54, 1.807) is 6.07 Å². The molecule has 0 amide bonds. The minimum absolute atomic E-state index is 0.0401. The van der Waals surface area contributed by atoms with Crippen LogP contribution in [0, 0.1) is 6.92 Å². The number of hydrogen-bond acceptors (Lipinski definition) is 4. The summed E-state index contributed by atoms with van der Waals surface area (Å²) in [6.45, 7) is 2.04. The Hall–Kier alpha value is -3.17. The van der Waals surface area contributed by atoms with Crippen molar-refractivity contribution in [3.63, 3.8) is 0 Å². The van der Waals surface area contributed by atoms with Crippen molar-refractivity contribution in [2.75, 3.05) is 6.54 Å². The highest BCUT2D eigenvalue weighted by molar-refractivity contribution is 7.89. The zero-order chi connectivity index (χ0) is 19.9. The third-order valence-electron chi connectivity index (χ3n) is 4.56. The van der Waals surface area contributed by atoms with Crippen molar-refractivity contribution in [2.45, 2.75) is 18.2 Å². The SMILES string of the molecule is Cc1ccc2[nH]c(=O)c(CCNS(=O)(=O)c3ccc4[nH]c(=O)[nH]c4c3)cc2c1. The Bertz CT molecular complexity index is 1410. The zero-order valence-electron chi connectivity index (χ0n) is 15.0. The van der Waals surface area contributed by atoms with E-state index in [2.05, 4.69) is 19.7 Å². The van der Waals surface area contributed by atoms with Crippen molar-refractivity contribution < 1.29 is 8.42 Å². The van der Waals surface area contributed by atoms with Gasteiger partial charge in [0.25, 0.3) is 5.56 Å². The minimum atomic E-state index is -3.77. The molecule has 28 heavy (non-hydrogen) atoms. The van der Waals surface area contributed by atoms with Crippen LogP contribution in [0.15, 0.2) is 56.9 Å². The molecule has 0 unspecified atom stereocenters. The van der Waals surface area contributed by atoms with Crippen LogP contribution >= 0.6 is 0 Å². The Kier molecular flexibility index (Phi) is 4.40. The van der Waals surface area contributed by atoms with Gasteiger partial charge in [-0.2, -0.15) is 0 Å². The van der Waals surface area contributed by atoms with E-state index in [9.17, 15) is 18.0 Å². The van der Waals surface area contributed by atoms with Gasteiger partial charge in [0.15, 0.2) is 0 Å². The van der Waals surface area contributed by atoms with Gasteiger partial charge in [-0.25, -0.2) is 17.9 Å². The summed E-state index contributed by atoms with van der Waals surface area (Å²) >= 11 is 0. The molecular formula is C19H18N4O4S. The third-order valence-corrected chi connectivity index (χ3v) is 6.02. The molecular weight excluding hydrogens is 380 g/mol. The van der Waals surface area contributed by atoms with Gasteiger partial charge in [0.2, 0.25) is 10.0 Å². The number of imidazole rings is 1. The number of benzene rings is 2. The molecule has 4 rings (SSSR count). The van der Waals surface area contributed by atoms with E-state index in [4.69, 9.17) is 0 Å². The highest BCUT2D eigenvalue weighted by Gasteiger charge is 2.15. The number of H-pyrrole nitrogens is 3. The van der Waals surface area contributed by atoms with Gasteiger partial charge in [0, 0.05) is 17.6 Å². The molecule has 2 heterocycles. The topological polar surface area (TPSA) is 128 Å². The first-order chi connectivity index (χ1) is 13.3. The van der Waals surface area contributed by atoms with Gasteiger partial charge in [-0.05, 0) is 55.1 Å². The van der Waals surface area contributed by atoms with Crippen LogP contribution in [-0.2, 0) is 16.4 Å². The van der Waals surface area contributed by atoms with Gasteiger partial charge >= 0.3 is 5.69 Å². The van der Waals surface area contributed by atoms with Crippen molar-refractivity contribution in [3.8, 4) is 0 Å². The fraction of sp³-hybridized carbons (Fsp3) is 0.158. The highest BCUT2D eigenvalue weighted by Crippen LogP contribution is 2.16. The molecule has 0 radical (unpaired) electrons. The molecule has 0 aliphatic rings. The molecule has 0 aliphatic carbocycles. The summed E-state index contributed by atoms with van der Waals surface area (Å²) in [5.41, 5.74) is 2.63. The highest BCUT2D eigenvalue weighted by atomic mass is 32.2. The first-order valence-corrected chi connectivity index (χ1v) is 10.1. The van der Waals surface area contributed by atoms with Gasteiger partial charge in [-0.3, -0.25) is 4.79 Å². The van der Waals surface area contributed by atoms with Crippen molar-refractivity contribution in [2.24, 2.45) is 0 Å². The van der Waals surface area contributed by atoms with Crippen LogP contribution < -0.4 is 16.0 Å². The Morgan fingerprint density at radius 3 is 2.46 bits per heavy atom. The molecule has 2 aromatic carbocycles. The summed E-state index contributed by atoms with van der Waals surface area (Å²) in [5, 5.41) is 0.902. The molecule has 0 spiro atoms. The standard InChI is InChI=1S/C19H18N4O4S/c1-11-2-4-15-13(8-11)9-12(18(24)21-15)6-7-20-28(26,27)14-3-5-16-17(10-14)23-19(25)22-16/h2-5,8-10,20H,6-7H2,1H3,(H,21,24)(H2,22,23,25). The van der Waals surface area contributed by atoms with Gasteiger partial charge in [0.1, 0.15) is 0 Å². The van der Waals surface area contributed by atoms with Crippen LogP contribution in [0.5, 0.6) is 0 Å². The summed E-state index contributed by atoms with van der Waals surface area (Å²) in [6.07, 6.45) is 0.252. The van der Waals surface area contributed by atoms with Crippen LogP contribution in [0.25, 0.3) is 21.9 Å². The number of aryl methyl sites for hydroxylation is 1. The van der Waals surface area contributed by atoms with E-state index in [1.165, 1.54) is 18.2 Å². The maximum atomic E-state index is 12.5. The summed E-state index contributed by atoms with van der Waals surface area (Å²) in [4.78, 5) is 31.5. The second-order valence-corrected chi connectivity index (χ2v) is 8.42. The zero-order valence-corrected chi connectivity index (χ0v) is 15.8. The molecule has 8 nitrogen and oxygen atoms in total. The van der Waals surface area contributed by atoms with Crippen molar-refractivity contribution in [3.05, 3.63) is 74.4 Å². The van der Waals surface area contributed by atoms with E-state index >= 15 is 0 Å². The smallest absolute Gasteiger partial charge is 0.322 e. The maximum absolute atomic E-state index is 12.5. The molecule has 2 aromatic heterocycles. The number of sulfonamides is 1. The first kappa shape index (κ1) is 18.2. The number of nitrogens with one attached hydrogen (secondary N) is 4. The lowest BCUT2D eigenvalue weighted by Crippen LogP contribution is -2.27. The van der Waals surface area contributed by atoms with Crippen LogP contribution in [0.4, 0.5) is 0 Å². The average Bonchev–Trinajstić information content (AvgIpc) is 3.01. The fourth-order valence-electron chi connectivity index (χ4n) is 3.14. The molecule has 9 heteroatoms. The molecule has 144 valence electrons. The van der Waals surface area contributed by atoms with E-state index in [0.717, 1.165) is 16.5 Å². The lowest BCUT2D eigenvalue weighted by Gasteiger charge is -2.08. The van der Waals surface area contributed by atoms with Crippen molar-refractivity contribution in [1.82, 2.24) is 19.7 Å². The Balaban J connectivity index is 1.53. The number of pyridine rings is 1. The van der Waals surface area contributed by atoms with Gasteiger partial charge in [-0.1, -0.05) is 11.6 Å². The lowest BCUT2D eigenvalue weighted by atomic mass is 10.1. The Morgan fingerprint density at radius 2 is 1.64 bits per heavy atom. The molecule has 0 aliphatic heterocycles. The predicted octanol–water partition coefficient (Wildman–Crippen LogP) is 1.53. The lowest BCUT2D eigenvalue weighted by molar-refractivity contribution is 0.581. The van der Waals surface area contributed by atoms with E-state index in [0.29, 0.717) is 16.6 Å². The third kappa shape index (κ3) is 3.49. The summed E-state index contributed by atoms with van der Waals surface area (Å²) in [6, 6.07) is 11.8. The maximum Gasteiger partial charge on any atom is 0.323 e. The van der Waals surface area contributed by atoms with E-state index in [1.807, 2.05) is 25.1 Å². The van der Waals surface area contributed by atoms with Crippen molar-refractivity contribution in [1.29, 1.82) is 0 Å². The molecule has 4 aromatic rings. The normalized spacial score (nSPS) is 12.0. The summed E-state index contributed by atoms with van der Waals surface area (Å²) in [5.74, 6) is 0. The quantitative estimate of drug-likeness (QED) is 0.406. The Labute approximate surface area is 159 Å².